The van der Waals surface area contributed by atoms with Crippen LogP contribution in [0.4, 0.5) is 0 Å². The van der Waals surface area contributed by atoms with Crippen molar-refractivity contribution in [3.05, 3.63) is 36.2 Å². The number of aryl methyl sites for hydroxylation is 1. The molecule has 1 aromatic rings. The molecule has 16 heavy (non-hydrogen) atoms. The molecule has 0 amide bonds. The minimum atomic E-state index is -0.466. The Morgan fingerprint density at radius 1 is 1.19 bits per heavy atom. The van der Waals surface area contributed by atoms with Crippen LogP contribution in [0.2, 0.25) is 0 Å². The van der Waals surface area contributed by atoms with Gasteiger partial charge >= 0.3 is 0 Å². The fourth-order valence-electron chi connectivity index (χ4n) is 1.74. The highest BCUT2D eigenvalue weighted by molar-refractivity contribution is 5.25. The molecule has 0 bridgehead atoms. The smallest absolute Gasteiger partial charge is 0.165 e. The summed E-state index contributed by atoms with van der Waals surface area (Å²) in [6.07, 6.45) is 3.69. The summed E-state index contributed by atoms with van der Waals surface area (Å²) in [4.78, 5) is 0. The van der Waals surface area contributed by atoms with E-state index >= 15 is 0 Å². The molecule has 87 valence electrons. The Hall–Kier alpha value is -1.06. The van der Waals surface area contributed by atoms with E-state index in [1.165, 1.54) is 5.56 Å². The molecule has 0 saturated carbocycles. The predicted octanol–water partition coefficient (Wildman–Crippen LogP) is 2.29. The Morgan fingerprint density at radius 3 is 2.44 bits per heavy atom. The van der Waals surface area contributed by atoms with E-state index in [0.717, 1.165) is 12.8 Å². The van der Waals surface area contributed by atoms with Crippen LogP contribution in [-0.4, -0.2) is 24.1 Å². The van der Waals surface area contributed by atoms with Crippen LogP contribution in [0.15, 0.2) is 24.3 Å². The first-order valence-corrected chi connectivity index (χ1v) is 5.55. The van der Waals surface area contributed by atoms with Gasteiger partial charge in [-0.2, -0.15) is 0 Å². The molecule has 1 radical (unpaired) electrons. The molecule has 2 rings (SSSR count). The van der Waals surface area contributed by atoms with Crippen LogP contribution in [0, 0.1) is 6.42 Å². The average molecular weight is 221 g/mol. The molecule has 1 aliphatic rings. The minimum absolute atomic E-state index is 0.301. The zero-order valence-corrected chi connectivity index (χ0v) is 9.48. The number of phenolic OH excluding ortho intramolecular Hbond substituents is 1. The molecule has 1 N–H and O–H groups in total. The Labute approximate surface area is 96.0 Å². The molecule has 1 heterocycles. The highest BCUT2D eigenvalue weighted by atomic mass is 16.7. The molecule has 0 aliphatic carbocycles. The van der Waals surface area contributed by atoms with Crippen LogP contribution in [-0.2, 0) is 15.9 Å². The van der Waals surface area contributed by atoms with Crippen molar-refractivity contribution in [2.24, 2.45) is 0 Å². The molecule has 1 fully saturated rings. The average Bonchev–Trinajstić information content (AvgIpc) is 2.29. The van der Waals surface area contributed by atoms with E-state index in [0.29, 0.717) is 19.0 Å². The first kappa shape index (κ1) is 11.4. The van der Waals surface area contributed by atoms with Crippen molar-refractivity contribution >= 4 is 0 Å². The molecule has 0 atom stereocenters. The summed E-state index contributed by atoms with van der Waals surface area (Å²) >= 11 is 0. The fraction of sp³-hybridized carbons (Fsp3) is 0.462. The van der Waals surface area contributed by atoms with Gasteiger partial charge < -0.3 is 14.6 Å². The van der Waals surface area contributed by atoms with Gasteiger partial charge in [-0.25, -0.2) is 0 Å². The number of rotatable bonds is 3. The van der Waals surface area contributed by atoms with Crippen LogP contribution < -0.4 is 0 Å². The maximum absolute atomic E-state index is 9.17. The second-order valence-electron chi connectivity index (χ2n) is 4.21. The van der Waals surface area contributed by atoms with Crippen LogP contribution in [0.25, 0.3) is 0 Å². The summed E-state index contributed by atoms with van der Waals surface area (Å²) < 4.78 is 11.2. The summed E-state index contributed by atoms with van der Waals surface area (Å²) in [5, 5.41) is 9.17. The van der Waals surface area contributed by atoms with Crippen LogP contribution in [0.1, 0.15) is 18.9 Å². The summed E-state index contributed by atoms with van der Waals surface area (Å²) in [6.45, 7) is 3.29. The van der Waals surface area contributed by atoms with Crippen molar-refractivity contribution in [2.45, 2.75) is 25.6 Å². The molecular weight excluding hydrogens is 204 g/mol. The molecule has 1 aliphatic heterocycles. The topological polar surface area (TPSA) is 38.7 Å². The van der Waals surface area contributed by atoms with Gasteiger partial charge in [0.25, 0.3) is 0 Å². The Kier molecular flexibility index (Phi) is 3.46. The van der Waals surface area contributed by atoms with E-state index in [2.05, 4.69) is 0 Å². The lowest BCUT2D eigenvalue weighted by molar-refractivity contribution is -0.243. The third kappa shape index (κ3) is 2.97. The maximum atomic E-state index is 9.17. The maximum Gasteiger partial charge on any atom is 0.165 e. The lowest BCUT2D eigenvalue weighted by atomic mass is 10.0. The van der Waals surface area contributed by atoms with Crippen LogP contribution in [0.3, 0.4) is 0 Å². The molecule has 0 spiro atoms. The number of aromatic hydroxyl groups is 1. The third-order valence-electron chi connectivity index (χ3n) is 2.82. The molecule has 3 heteroatoms. The monoisotopic (exact) mass is 221 g/mol. The van der Waals surface area contributed by atoms with E-state index in [4.69, 9.17) is 9.47 Å². The zero-order chi connectivity index (χ0) is 11.4. The largest absolute Gasteiger partial charge is 0.508 e. The normalized spacial score (nSPS) is 19.6. The fourth-order valence-corrected chi connectivity index (χ4v) is 1.74. The summed E-state index contributed by atoms with van der Waals surface area (Å²) in [6, 6.07) is 7.25. The van der Waals surface area contributed by atoms with Crippen LogP contribution >= 0.6 is 0 Å². The quantitative estimate of drug-likeness (QED) is 0.851. The van der Waals surface area contributed by atoms with Gasteiger partial charge in [0.15, 0.2) is 5.79 Å². The Bertz CT molecular complexity index is 326. The van der Waals surface area contributed by atoms with Crippen molar-refractivity contribution < 1.29 is 14.6 Å². The van der Waals surface area contributed by atoms with Crippen molar-refractivity contribution in [1.82, 2.24) is 0 Å². The van der Waals surface area contributed by atoms with Crippen molar-refractivity contribution in [3.63, 3.8) is 0 Å². The van der Waals surface area contributed by atoms with Gasteiger partial charge in [0.1, 0.15) is 5.75 Å². The van der Waals surface area contributed by atoms with E-state index in [1.54, 1.807) is 12.1 Å². The summed E-state index contributed by atoms with van der Waals surface area (Å²) in [5.41, 5.74) is 1.18. The van der Waals surface area contributed by atoms with Gasteiger partial charge in [0.05, 0.1) is 13.2 Å². The second-order valence-corrected chi connectivity index (χ2v) is 4.21. The second kappa shape index (κ2) is 4.85. The Balaban J connectivity index is 1.88. The number of phenols is 1. The molecular formula is C13H17O3. The number of ether oxygens (including phenoxy) is 2. The SMILES string of the molecule is CC1(CCc2ccc(O)cc2)OC[CH]CO1. The van der Waals surface area contributed by atoms with Gasteiger partial charge in [-0.15, -0.1) is 0 Å². The molecule has 1 saturated heterocycles. The zero-order valence-electron chi connectivity index (χ0n) is 9.48. The van der Waals surface area contributed by atoms with Crippen molar-refractivity contribution in [2.75, 3.05) is 13.2 Å². The van der Waals surface area contributed by atoms with Gasteiger partial charge in [0, 0.05) is 12.8 Å². The number of benzene rings is 1. The lowest BCUT2D eigenvalue weighted by Crippen LogP contribution is -2.38. The Morgan fingerprint density at radius 2 is 1.81 bits per heavy atom. The molecule has 1 aromatic carbocycles. The van der Waals surface area contributed by atoms with Gasteiger partial charge in [-0.3, -0.25) is 0 Å². The molecule has 3 nitrogen and oxygen atoms in total. The lowest BCUT2D eigenvalue weighted by Gasteiger charge is -2.33. The molecule has 0 aromatic heterocycles. The van der Waals surface area contributed by atoms with E-state index in [9.17, 15) is 5.11 Å². The summed E-state index contributed by atoms with van der Waals surface area (Å²) in [5.74, 6) is -0.165. The first-order chi connectivity index (χ1) is 7.68. The molecule has 0 unspecified atom stereocenters. The first-order valence-electron chi connectivity index (χ1n) is 5.55. The van der Waals surface area contributed by atoms with Gasteiger partial charge in [0.2, 0.25) is 0 Å². The van der Waals surface area contributed by atoms with E-state index in [-0.39, 0.29) is 0 Å². The van der Waals surface area contributed by atoms with E-state index < -0.39 is 5.79 Å². The highest BCUT2D eigenvalue weighted by Crippen LogP contribution is 2.24. The standard InChI is InChI=1S/C13H17O3/c1-13(15-9-2-10-16-13)8-7-11-3-5-12(14)6-4-11/h2-6,14H,7-10H2,1H3. The van der Waals surface area contributed by atoms with Crippen molar-refractivity contribution in [1.29, 1.82) is 0 Å². The number of hydrogen-bond acceptors (Lipinski definition) is 3. The minimum Gasteiger partial charge on any atom is -0.508 e. The van der Waals surface area contributed by atoms with E-state index in [1.807, 2.05) is 25.5 Å². The van der Waals surface area contributed by atoms with Gasteiger partial charge in [-0.05, 0) is 31.0 Å². The van der Waals surface area contributed by atoms with Crippen LogP contribution in [0.5, 0.6) is 5.75 Å². The number of hydrogen-bond donors (Lipinski definition) is 1. The van der Waals surface area contributed by atoms with Gasteiger partial charge in [-0.1, -0.05) is 12.1 Å². The highest BCUT2D eigenvalue weighted by Gasteiger charge is 2.28. The third-order valence-corrected chi connectivity index (χ3v) is 2.82. The predicted molar refractivity (Wildman–Crippen MR) is 61.0 cm³/mol. The van der Waals surface area contributed by atoms with Crippen molar-refractivity contribution in [3.8, 4) is 5.75 Å². The summed E-state index contributed by atoms with van der Waals surface area (Å²) in [7, 11) is 0.